The predicted molar refractivity (Wildman–Crippen MR) is 119 cm³/mol. The summed E-state index contributed by atoms with van der Waals surface area (Å²) in [5, 5.41) is 0. The molecule has 1 atom stereocenters. The van der Waals surface area contributed by atoms with Gasteiger partial charge in [-0.1, -0.05) is 39.0 Å². The largest absolute Gasteiger partial charge is 0.496 e. The molecule has 0 spiro atoms. The van der Waals surface area contributed by atoms with E-state index in [2.05, 4.69) is 20.8 Å². The summed E-state index contributed by atoms with van der Waals surface area (Å²) in [6.07, 6.45) is 4.78. The van der Waals surface area contributed by atoms with Gasteiger partial charge in [0, 0.05) is 41.0 Å². The van der Waals surface area contributed by atoms with Gasteiger partial charge in [-0.2, -0.15) is 11.8 Å². The molecular formula is C23H30N2O3S. The molecule has 1 saturated heterocycles. The molecule has 0 unspecified atom stereocenters. The molecule has 0 bridgehead atoms. The van der Waals surface area contributed by atoms with E-state index in [1.807, 2.05) is 47.0 Å². The Labute approximate surface area is 177 Å². The lowest BCUT2D eigenvalue weighted by Gasteiger charge is -2.37. The second-order valence-corrected chi connectivity index (χ2v) is 10.2. The topological polar surface area (TPSA) is 51.5 Å². The molecular weight excluding hydrogens is 384 g/mol. The van der Waals surface area contributed by atoms with Crippen molar-refractivity contribution in [2.75, 3.05) is 19.4 Å². The van der Waals surface area contributed by atoms with Gasteiger partial charge < -0.3 is 9.64 Å². The monoisotopic (exact) mass is 414 g/mol. The summed E-state index contributed by atoms with van der Waals surface area (Å²) >= 11 is 1.89. The number of likely N-dealkylation sites (tertiary alicyclic amines) is 1. The van der Waals surface area contributed by atoms with Crippen molar-refractivity contribution in [3.8, 4) is 11.4 Å². The number of para-hydroxylation sites is 1. The summed E-state index contributed by atoms with van der Waals surface area (Å²) in [7, 11) is 1.50. The van der Waals surface area contributed by atoms with Crippen molar-refractivity contribution in [2.24, 2.45) is 0 Å². The summed E-state index contributed by atoms with van der Waals surface area (Å²) in [5.74, 6) is 1.18. The number of amides is 1. The van der Waals surface area contributed by atoms with Crippen LogP contribution in [-0.4, -0.2) is 45.6 Å². The average Bonchev–Trinajstić information content (AvgIpc) is 2.71. The number of rotatable bonds is 5. The molecule has 29 heavy (non-hydrogen) atoms. The molecule has 0 radical (unpaired) electrons. The first-order chi connectivity index (χ1) is 13.8. The summed E-state index contributed by atoms with van der Waals surface area (Å²) < 4.78 is 7.08. The van der Waals surface area contributed by atoms with E-state index in [1.165, 1.54) is 17.7 Å². The number of carbonyl (C=O) groups is 1. The minimum atomic E-state index is -0.219. The van der Waals surface area contributed by atoms with Crippen LogP contribution in [-0.2, 0) is 0 Å². The van der Waals surface area contributed by atoms with Crippen molar-refractivity contribution in [3.63, 3.8) is 0 Å². The van der Waals surface area contributed by atoms with E-state index in [4.69, 9.17) is 4.74 Å². The molecule has 2 aromatic rings. The van der Waals surface area contributed by atoms with Crippen LogP contribution >= 0.6 is 11.8 Å². The summed E-state index contributed by atoms with van der Waals surface area (Å²) in [4.78, 5) is 28.1. The van der Waals surface area contributed by atoms with Crippen LogP contribution in [0.3, 0.4) is 0 Å². The van der Waals surface area contributed by atoms with Crippen LogP contribution in [0.25, 0.3) is 5.69 Å². The van der Waals surface area contributed by atoms with E-state index in [9.17, 15) is 9.59 Å². The van der Waals surface area contributed by atoms with Crippen molar-refractivity contribution < 1.29 is 9.53 Å². The highest BCUT2D eigenvalue weighted by Crippen LogP contribution is 2.30. The molecule has 1 aromatic heterocycles. The molecule has 1 amide bonds. The number of pyridine rings is 1. The zero-order valence-electron chi connectivity index (χ0n) is 17.7. The molecule has 3 rings (SSSR count). The lowest BCUT2D eigenvalue weighted by atomic mass is 10.0. The Morgan fingerprint density at radius 2 is 1.93 bits per heavy atom. The fourth-order valence-corrected chi connectivity index (χ4v) is 4.62. The molecule has 1 fully saturated rings. The van der Waals surface area contributed by atoms with E-state index in [1.54, 1.807) is 6.20 Å². The molecule has 5 nitrogen and oxygen atoms in total. The van der Waals surface area contributed by atoms with Crippen LogP contribution in [0.2, 0.25) is 0 Å². The number of nitrogens with zero attached hydrogens (tertiary/aromatic N) is 2. The fourth-order valence-electron chi connectivity index (χ4n) is 3.58. The number of carbonyl (C=O) groups excluding carboxylic acids is 1. The molecule has 1 aliphatic rings. The maximum Gasteiger partial charge on any atom is 0.259 e. The van der Waals surface area contributed by atoms with E-state index in [-0.39, 0.29) is 22.3 Å². The molecule has 1 aromatic carbocycles. The van der Waals surface area contributed by atoms with Gasteiger partial charge in [0.25, 0.3) is 11.5 Å². The molecule has 6 heteroatoms. The van der Waals surface area contributed by atoms with E-state index in [0.29, 0.717) is 11.3 Å². The predicted octanol–water partition coefficient (Wildman–Crippen LogP) is 4.37. The zero-order chi connectivity index (χ0) is 21.0. The van der Waals surface area contributed by atoms with Crippen LogP contribution in [0, 0.1) is 0 Å². The van der Waals surface area contributed by atoms with Crippen LogP contribution < -0.4 is 10.3 Å². The van der Waals surface area contributed by atoms with Gasteiger partial charge in [-0.3, -0.25) is 14.2 Å². The van der Waals surface area contributed by atoms with Gasteiger partial charge in [0.05, 0.1) is 12.7 Å². The summed E-state index contributed by atoms with van der Waals surface area (Å²) in [6.45, 7) is 7.34. The van der Waals surface area contributed by atoms with Gasteiger partial charge in [0.1, 0.15) is 5.75 Å². The lowest BCUT2D eigenvalue weighted by molar-refractivity contribution is 0.0636. The van der Waals surface area contributed by atoms with Gasteiger partial charge >= 0.3 is 0 Å². The number of hydrogen-bond donors (Lipinski definition) is 0. The number of piperidine rings is 1. The SMILES string of the molecule is COc1cc(=O)n(-c2ccccc2)cc1C(=O)N1CCCC[C@@H]1CSC(C)(C)C. The molecule has 0 aliphatic carbocycles. The van der Waals surface area contributed by atoms with E-state index in [0.717, 1.165) is 37.2 Å². The van der Waals surface area contributed by atoms with Crippen molar-refractivity contribution in [2.45, 2.75) is 50.8 Å². The van der Waals surface area contributed by atoms with Crippen LogP contribution in [0.1, 0.15) is 50.4 Å². The number of thioether (sulfide) groups is 1. The van der Waals surface area contributed by atoms with Gasteiger partial charge in [0.15, 0.2) is 0 Å². The highest BCUT2D eigenvalue weighted by Gasteiger charge is 2.30. The molecule has 0 N–H and O–H groups in total. The highest BCUT2D eigenvalue weighted by molar-refractivity contribution is 8.00. The maximum absolute atomic E-state index is 13.5. The van der Waals surface area contributed by atoms with Crippen LogP contribution in [0.4, 0.5) is 0 Å². The second kappa shape index (κ2) is 9.08. The summed E-state index contributed by atoms with van der Waals surface area (Å²) in [5.41, 5.74) is 0.944. The standard InChI is InChI=1S/C23H30N2O3S/c1-23(2,3)29-16-18-12-8-9-13-24(18)22(27)19-15-25(17-10-6-5-7-11-17)21(26)14-20(19)28-4/h5-7,10-11,14-15,18H,8-9,12-13,16H2,1-4H3/t18-/m1/s1. The zero-order valence-corrected chi connectivity index (χ0v) is 18.5. The van der Waals surface area contributed by atoms with Gasteiger partial charge in [-0.05, 0) is 31.4 Å². The molecule has 0 saturated carbocycles. The Kier molecular flexibility index (Phi) is 6.73. The van der Waals surface area contributed by atoms with E-state index < -0.39 is 0 Å². The molecule has 1 aliphatic heterocycles. The maximum atomic E-state index is 13.5. The average molecular weight is 415 g/mol. The number of benzene rings is 1. The minimum Gasteiger partial charge on any atom is -0.496 e. The van der Waals surface area contributed by atoms with Gasteiger partial charge in [-0.15, -0.1) is 0 Å². The van der Waals surface area contributed by atoms with Gasteiger partial charge in [0.2, 0.25) is 0 Å². The quantitative estimate of drug-likeness (QED) is 0.729. The summed E-state index contributed by atoms with van der Waals surface area (Å²) in [6, 6.07) is 11.0. The Bertz CT molecular complexity index is 903. The minimum absolute atomic E-state index is 0.0641. The normalized spacial score (nSPS) is 17.2. The first-order valence-electron chi connectivity index (χ1n) is 10.1. The van der Waals surface area contributed by atoms with Crippen molar-refractivity contribution >= 4 is 17.7 Å². The molecule has 2 heterocycles. The number of ether oxygens (including phenoxy) is 1. The first kappa shape index (κ1) is 21.5. The third-order valence-corrected chi connectivity index (χ3v) is 6.51. The van der Waals surface area contributed by atoms with Gasteiger partial charge in [-0.25, -0.2) is 0 Å². The van der Waals surface area contributed by atoms with Crippen molar-refractivity contribution in [1.29, 1.82) is 0 Å². The first-order valence-corrected chi connectivity index (χ1v) is 11.1. The van der Waals surface area contributed by atoms with E-state index >= 15 is 0 Å². The Morgan fingerprint density at radius 1 is 1.21 bits per heavy atom. The third-order valence-electron chi connectivity index (χ3n) is 5.10. The second-order valence-electron chi connectivity index (χ2n) is 8.37. The fraction of sp³-hybridized carbons (Fsp3) is 0.478. The number of methoxy groups -OCH3 is 1. The van der Waals surface area contributed by atoms with Crippen molar-refractivity contribution in [3.05, 3.63) is 58.5 Å². The van der Waals surface area contributed by atoms with Crippen molar-refractivity contribution in [1.82, 2.24) is 9.47 Å². The molecule has 156 valence electrons. The Hall–Kier alpha value is -2.21. The van der Waals surface area contributed by atoms with Crippen LogP contribution in [0.5, 0.6) is 5.75 Å². The lowest BCUT2D eigenvalue weighted by Crippen LogP contribution is -2.46. The number of hydrogen-bond acceptors (Lipinski definition) is 4. The Morgan fingerprint density at radius 3 is 2.59 bits per heavy atom. The smallest absolute Gasteiger partial charge is 0.259 e. The van der Waals surface area contributed by atoms with Crippen LogP contribution in [0.15, 0.2) is 47.4 Å². The Balaban J connectivity index is 1.95. The third kappa shape index (κ3) is 5.24. The highest BCUT2D eigenvalue weighted by atomic mass is 32.2. The number of aromatic nitrogens is 1.